The van der Waals surface area contributed by atoms with E-state index in [1.807, 2.05) is 48.5 Å². The summed E-state index contributed by atoms with van der Waals surface area (Å²) < 4.78 is 0. The zero-order chi connectivity index (χ0) is 24.7. The molecule has 8 heteroatoms. The Balaban J connectivity index is 1.13. The predicted molar refractivity (Wildman–Crippen MR) is 144 cm³/mol. The standard InChI is InChI=1S/C28H26N6O2/c35-25(33-23-10-6-20(7-11-23)26-29-15-16-30-26)14-3-19-1-4-22(5-2-19)28(36)34-24-12-8-21(9-13-24)27-31-17-18-32-27/h1-14H,15-18H2,(H,29,30)(H,31,32)(H,33,35)(H,34,36)/b14-3+. The molecule has 2 heterocycles. The van der Waals surface area contributed by atoms with Gasteiger partial charge in [-0.05, 0) is 72.3 Å². The lowest BCUT2D eigenvalue weighted by Gasteiger charge is -2.07. The highest BCUT2D eigenvalue weighted by Crippen LogP contribution is 2.15. The second-order valence-electron chi connectivity index (χ2n) is 8.37. The zero-order valence-electron chi connectivity index (χ0n) is 19.6. The number of hydrogen-bond acceptors (Lipinski definition) is 6. The summed E-state index contributed by atoms with van der Waals surface area (Å²) in [6.45, 7) is 3.28. The Kier molecular flexibility index (Phi) is 6.84. The summed E-state index contributed by atoms with van der Waals surface area (Å²) in [7, 11) is 0. The molecule has 0 aromatic heterocycles. The van der Waals surface area contributed by atoms with Crippen LogP contribution in [0.3, 0.4) is 0 Å². The molecule has 3 aromatic rings. The summed E-state index contributed by atoms with van der Waals surface area (Å²) in [6, 6.07) is 22.2. The molecule has 0 saturated heterocycles. The van der Waals surface area contributed by atoms with E-state index >= 15 is 0 Å². The first-order valence-electron chi connectivity index (χ1n) is 11.8. The first-order valence-corrected chi connectivity index (χ1v) is 11.8. The van der Waals surface area contributed by atoms with Crippen molar-refractivity contribution >= 4 is 40.9 Å². The molecular weight excluding hydrogens is 452 g/mol. The maximum absolute atomic E-state index is 12.6. The summed E-state index contributed by atoms with van der Waals surface area (Å²) in [4.78, 5) is 33.7. The Hall–Kier alpha value is -4.72. The van der Waals surface area contributed by atoms with Crippen molar-refractivity contribution in [3.05, 3.63) is 101 Å². The van der Waals surface area contributed by atoms with Crippen molar-refractivity contribution < 1.29 is 9.59 Å². The van der Waals surface area contributed by atoms with Gasteiger partial charge in [0.2, 0.25) is 5.91 Å². The fraction of sp³-hybridized carbons (Fsp3) is 0.143. The van der Waals surface area contributed by atoms with Gasteiger partial charge in [-0.2, -0.15) is 0 Å². The molecule has 4 N–H and O–H groups in total. The summed E-state index contributed by atoms with van der Waals surface area (Å²) in [5.74, 6) is 1.34. The van der Waals surface area contributed by atoms with Crippen LogP contribution in [0.2, 0.25) is 0 Å². The van der Waals surface area contributed by atoms with Crippen LogP contribution in [-0.4, -0.2) is 49.7 Å². The van der Waals surface area contributed by atoms with Gasteiger partial charge in [-0.3, -0.25) is 19.6 Å². The largest absolute Gasteiger partial charge is 0.368 e. The molecule has 5 rings (SSSR count). The van der Waals surface area contributed by atoms with Gasteiger partial charge in [-0.15, -0.1) is 0 Å². The van der Waals surface area contributed by atoms with Gasteiger partial charge in [-0.1, -0.05) is 12.1 Å². The van der Waals surface area contributed by atoms with Gasteiger partial charge in [0.1, 0.15) is 11.7 Å². The highest BCUT2D eigenvalue weighted by molar-refractivity contribution is 6.06. The number of nitrogens with zero attached hydrogens (tertiary/aromatic N) is 2. The van der Waals surface area contributed by atoms with Crippen LogP contribution in [0, 0.1) is 0 Å². The third kappa shape index (κ3) is 5.67. The highest BCUT2D eigenvalue weighted by Gasteiger charge is 2.10. The van der Waals surface area contributed by atoms with Crippen LogP contribution in [0.4, 0.5) is 11.4 Å². The minimum absolute atomic E-state index is 0.199. The summed E-state index contributed by atoms with van der Waals surface area (Å²) in [5.41, 5.74) is 4.76. The van der Waals surface area contributed by atoms with Crippen molar-refractivity contribution in [2.45, 2.75) is 0 Å². The number of benzene rings is 3. The lowest BCUT2D eigenvalue weighted by Crippen LogP contribution is -2.19. The van der Waals surface area contributed by atoms with Crippen LogP contribution in [0.15, 0.2) is 88.9 Å². The van der Waals surface area contributed by atoms with Gasteiger partial charge in [0.25, 0.3) is 5.91 Å². The number of anilines is 2. The van der Waals surface area contributed by atoms with Crippen molar-refractivity contribution in [1.29, 1.82) is 0 Å². The van der Waals surface area contributed by atoms with Crippen LogP contribution in [0.5, 0.6) is 0 Å². The smallest absolute Gasteiger partial charge is 0.255 e. The Morgan fingerprint density at radius 1 is 0.694 bits per heavy atom. The molecule has 0 radical (unpaired) electrons. The fourth-order valence-electron chi connectivity index (χ4n) is 3.91. The van der Waals surface area contributed by atoms with Crippen molar-refractivity contribution in [1.82, 2.24) is 10.6 Å². The van der Waals surface area contributed by atoms with E-state index in [-0.39, 0.29) is 11.8 Å². The van der Waals surface area contributed by atoms with Crippen molar-refractivity contribution in [2.24, 2.45) is 9.98 Å². The Labute approximate surface area is 209 Å². The molecule has 36 heavy (non-hydrogen) atoms. The highest BCUT2D eigenvalue weighted by atomic mass is 16.2. The zero-order valence-corrected chi connectivity index (χ0v) is 19.6. The maximum Gasteiger partial charge on any atom is 0.255 e. The number of aliphatic imine (C=N–C) groups is 2. The van der Waals surface area contributed by atoms with Crippen molar-refractivity contribution in [2.75, 3.05) is 36.8 Å². The van der Waals surface area contributed by atoms with Crippen LogP contribution < -0.4 is 21.3 Å². The molecular formula is C28H26N6O2. The first-order chi connectivity index (χ1) is 17.6. The third-order valence-electron chi connectivity index (χ3n) is 5.79. The molecule has 0 saturated carbocycles. The molecule has 0 bridgehead atoms. The number of amides is 2. The number of amidine groups is 2. The maximum atomic E-state index is 12.6. The van der Waals surface area contributed by atoms with Gasteiger partial charge >= 0.3 is 0 Å². The van der Waals surface area contributed by atoms with E-state index in [1.54, 1.807) is 30.3 Å². The van der Waals surface area contributed by atoms with Gasteiger partial charge in [0.05, 0.1) is 13.1 Å². The van der Waals surface area contributed by atoms with E-state index in [9.17, 15) is 9.59 Å². The van der Waals surface area contributed by atoms with Gasteiger partial charge in [0.15, 0.2) is 0 Å². The molecule has 3 aromatic carbocycles. The second-order valence-corrected chi connectivity index (χ2v) is 8.37. The van der Waals surface area contributed by atoms with Crippen molar-refractivity contribution in [3.63, 3.8) is 0 Å². The molecule has 0 fully saturated rings. The predicted octanol–water partition coefficient (Wildman–Crippen LogP) is 3.29. The molecule has 2 amide bonds. The first kappa shape index (κ1) is 23.0. The molecule has 0 aliphatic carbocycles. The number of rotatable bonds is 7. The van der Waals surface area contributed by atoms with Gasteiger partial charge in [0, 0.05) is 47.2 Å². The van der Waals surface area contributed by atoms with E-state index in [2.05, 4.69) is 31.3 Å². The van der Waals surface area contributed by atoms with Crippen LogP contribution >= 0.6 is 0 Å². The summed E-state index contributed by atoms with van der Waals surface area (Å²) in [5, 5.41) is 12.2. The van der Waals surface area contributed by atoms with E-state index < -0.39 is 0 Å². The van der Waals surface area contributed by atoms with E-state index in [4.69, 9.17) is 0 Å². The summed E-state index contributed by atoms with van der Waals surface area (Å²) in [6.07, 6.45) is 3.18. The van der Waals surface area contributed by atoms with E-state index in [0.29, 0.717) is 16.9 Å². The molecule has 180 valence electrons. The Morgan fingerprint density at radius 3 is 1.72 bits per heavy atom. The monoisotopic (exact) mass is 478 g/mol. The molecule has 0 spiro atoms. The van der Waals surface area contributed by atoms with Crippen LogP contribution in [-0.2, 0) is 4.79 Å². The number of nitrogens with one attached hydrogen (secondary N) is 4. The normalized spacial score (nSPS) is 14.6. The molecule has 0 atom stereocenters. The number of carbonyl (C=O) groups excluding carboxylic acids is 2. The van der Waals surface area contributed by atoms with E-state index in [0.717, 1.165) is 54.5 Å². The molecule has 0 unspecified atom stereocenters. The molecule has 8 nitrogen and oxygen atoms in total. The summed E-state index contributed by atoms with van der Waals surface area (Å²) >= 11 is 0. The second kappa shape index (κ2) is 10.7. The Morgan fingerprint density at radius 2 is 1.22 bits per heavy atom. The lowest BCUT2D eigenvalue weighted by molar-refractivity contribution is -0.111. The van der Waals surface area contributed by atoms with E-state index in [1.165, 1.54) is 6.08 Å². The van der Waals surface area contributed by atoms with Gasteiger partial charge < -0.3 is 21.3 Å². The minimum atomic E-state index is -0.233. The quantitative estimate of drug-likeness (QED) is 0.391. The SMILES string of the molecule is O=C(/C=C/c1ccc(C(=O)Nc2ccc(C3=NCCN3)cc2)cc1)Nc1ccc(C2=NCCN2)cc1. The van der Waals surface area contributed by atoms with Gasteiger partial charge in [-0.25, -0.2) is 0 Å². The van der Waals surface area contributed by atoms with Crippen LogP contribution in [0.25, 0.3) is 6.08 Å². The minimum Gasteiger partial charge on any atom is -0.368 e. The molecule has 2 aliphatic heterocycles. The average molecular weight is 479 g/mol. The third-order valence-corrected chi connectivity index (χ3v) is 5.79. The topological polar surface area (TPSA) is 107 Å². The molecule has 2 aliphatic rings. The fourth-order valence-corrected chi connectivity index (χ4v) is 3.91. The number of carbonyl (C=O) groups is 2. The lowest BCUT2D eigenvalue weighted by atomic mass is 10.1. The Bertz CT molecular complexity index is 1340. The van der Waals surface area contributed by atoms with Crippen LogP contribution in [0.1, 0.15) is 27.0 Å². The average Bonchev–Trinajstić information content (AvgIpc) is 3.64. The number of hydrogen-bond donors (Lipinski definition) is 4. The van der Waals surface area contributed by atoms with Crippen molar-refractivity contribution in [3.8, 4) is 0 Å².